The lowest BCUT2D eigenvalue weighted by atomic mass is 10.0. The summed E-state index contributed by atoms with van der Waals surface area (Å²) in [6.07, 6.45) is 3.50. The minimum Gasteiger partial charge on any atom is -0.496 e. The highest BCUT2D eigenvalue weighted by Crippen LogP contribution is 2.27. The highest BCUT2D eigenvalue weighted by atomic mass is 16.5. The monoisotopic (exact) mass is 243 g/mol. The standard InChI is InChI=1S/C14H17N3O/c1-3-15-13(14-16-9-6-10-17-14)11-7-4-5-8-12(11)18-2/h4-10,13,15H,3H2,1-2H3. The minimum atomic E-state index is -0.0488. The van der Waals surface area contributed by atoms with Crippen LogP contribution < -0.4 is 10.1 Å². The molecule has 0 fully saturated rings. The number of rotatable bonds is 5. The van der Waals surface area contributed by atoms with E-state index >= 15 is 0 Å². The molecule has 0 aliphatic carbocycles. The Morgan fingerprint density at radius 3 is 2.56 bits per heavy atom. The molecule has 4 nitrogen and oxygen atoms in total. The van der Waals surface area contributed by atoms with Crippen molar-refractivity contribution < 1.29 is 4.74 Å². The summed E-state index contributed by atoms with van der Waals surface area (Å²) < 4.78 is 5.40. The van der Waals surface area contributed by atoms with Crippen LogP contribution in [0.15, 0.2) is 42.7 Å². The van der Waals surface area contributed by atoms with E-state index in [1.54, 1.807) is 19.5 Å². The molecule has 1 aromatic heterocycles. The average Bonchev–Trinajstić information content (AvgIpc) is 2.46. The Labute approximate surface area is 107 Å². The van der Waals surface area contributed by atoms with Crippen molar-refractivity contribution in [2.24, 2.45) is 0 Å². The summed E-state index contributed by atoms with van der Waals surface area (Å²) in [7, 11) is 1.67. The van der Waals surface area contributed by atoms with Crippen LogP contribution in [0.1, 0.15) is 24.4 Å². The Morgan fingerprint density at radius 1 is 1.17 bits per heavy atom. The number of para-hydroxylation sites is 1. The van der Waals surface area contributed by atoms with Crippen LogP contribution in [0.2, 0.25) is 0 Å². The second-order valence-corrected chi connectivity index (χ2v) is 3.84. The Hall–Kier alpha value is -1.94. The number of hydrogen-bond acceptors (Lipinski definition) is 4. The van der Waals surface area contributed by atoms with Crippen molar-refractivity contribution in [3.8, 4) is 5.75 Å². The van der Waals surface area contributed by atoms with E-state index in [9.17, 15) is 0 Å². The molecule has 94 valence electrons. The zero-order valence-corrected chi connectivity index (χ0v) is 10.6. The van der Waals surface area contributed by atoms with E-state index in [2.05, 4.69) is 22.2 Å². The fraction of sp³-hybridized carbons (Fsp3) is 0.286. The second-order valence-electron chi connectivity index (χ2n) is 3.84. The molecule has 2 aromatic rings. The smallest absolute Gasteiger partial charge is 0.149 e. The van der Waals surface area contributed by atoms with Crippen LogP contribution in [0.25, 0.3) is 0 Å². The first kappa shape index (κ1) is 12.5. The molecule has 0 spiro atoms. The van der Waals surface area contributed by atoms with Crippen LogP contribution in [0, 0.1) is 0 Å². The maximum absolute atomic E-state index is 5.40. The van der Waals surface area contributed by atoms with E-state index in [1.165, 1.54) is 0 Å². The van der Waals surface area contributed by atoms with E-state index < -0.39 is 0 Å². The predicted molar refractivity (Wildman–Crippen MR) is 70.5 cm³/mol. The highest BCUT2D eigenvalue weighted by Gasteiger charge is 2.18. The summed E-state index contributed by atoms with van der Waals surface area (Å²) >= 11 is 0. The van der Waals surface area contributed by atoms with Gasteiger partial charge in [0, 0.05) is 18.0 Å². The Balaban J connectivity index is 2.41. The molecule has 1 unspecified atom stereocenters. The van der Waals surface area contributed by atoms with Gasteiger partial charge in [0.1, 0.15) is 11.6 Å². The molecule has 0 aliphatic rings. The molecule has 4 heteroatoms. The zero-order chi connectivity index (χ0) is 12.8. The van der Waals surface area contributed by atoms with Crippen LogP contribution in [-0.2, 0) is 0 Å². The number of hydrogen-bond donors (Lipinski definition) is 1. The second kappa shape index (κ2) is 6.12. The molecule has 1 heterocycles. The van der Waals surface area contributed by atoms with Crippen LogP contribution in [-0.4, -0.2) is 23.6 Å². The summed E-state index contributed by atoms with van der Waals surface area (Å²) in [4.78, 5) is 8.64. The first-order valence-corrected chi connectivity index (χ1v) is 6.00. The van der Waals surface area contributed by atoms with Crippen LogP contribution in [0.5, 0.6) is 5.75 Å². The van der Waals surface area contributed by atoms with E-state index in [0.29, 0.717) is 0 Å². The van der Waals surface area contributed by atoms with E-state index in [-0.39, 0.29) is 6.04 Å². The third kappa shape index (κ3) is 2.65. The molecule has 0 amide bonds. The number of benzene rings is 1. The lowest BCUT2D eigenvalue weighted by molar-refractivity contribution is 0.403. The summed E-state index contributed by atoms with van der Waals surface area (Å²) in [5, 5.41) is 3.38. The molecule has 18 heavy (non-hydrogen) atoms. The summed E-state index contributed by atoms with van der Waals surface area (Å²) in [5.41, 5.74) is 1.05. The van der Waals surface area contributed by atoms with Crippen molar-refractivity contribution >= 4 is 0 Å². The third-order valence-corrected chi connectivity index (χ3v) is 2.70. The van der Waals surface area contributed by atoms with Gasteiger partial charge in [-0.25, -0.2) is 9.97 Å². The number of aromatic nitrogens is 2. The quantitative estimate of drug-likeness (QED) is 0.874. The van der Waals surface area contributed by atoms with Gasteiger partial charge in [0.05, 0.1) is 13.2 Å². The van der Waals surface area contributed by atoms with E-state index in [1.807, 2.05) is 30.3 Å². The van der Waals surface area contributed by atoms with Crippen molar-refractivity contribution in [2.75, 3.05) is 13.7 Å². The van der Waals surface area contributed by atoms with Gasteiger partial charge in [-0.2, -0.15) is 0 Å². The van der Waals surface area contributed by atoms with Crippen LogP contribution >= 0.6 is 0 Å². The molecule has 0 saturated carbocycles. The van der Waals surface area contributed by atoms with Crippen molar-refractivity contribution in [1.29, 1.82) is 0 Å². The van der Waals surface area contributed by atoms with E-state index in [4.69, 9.17) is 4.74 Å². The Morgan fingerprint density at radius 2 is 1.89 bits per heavy atom. The molecule has 0 bridgehead atoms. The number of nitrogens with one attached hydrogen (secondary N) is 1. The van der Waals surface area contributed by atoms with Crippen molar-refractivity contribution in [2.45, 2.75) is 13.0 Å². The number of ether oxygens (including phenoxy) is 1. The van der Waals surface area contributed by atoms with Gasteiger partial charge in [-0.3, -0.25) is 0 Å². The van der Waals surface area contributed by atoms with Gasteiger partial charge in [-0.1, -0.05) is 25.1 Å². The minimum absolute atomic E-state index is 0.0488. The lowest BCUT2D eigenvalue weighted by Gasteiger charge is -2.19. The summed E-state index contributed by atoms with van der Waals surface area (Å²) in [6.45, 7) is 2.90. The van der Waals surface area contributed by atoms with Gasteiger partial charge in [-0.05, 0) is 18.7 Å². The molecular weight excluding hydrogens is 226 g/mol. The SMILES string of the molecule is CCNC(c1ncccn1)c1ccccc1OC. The molecule has 1 aromatic carbocycles. The first-order chi connectivity index (χ1) is 8.86. The van der Waals surface area contributed by atoms with Gasteiger partial charge in [0.15, 0.2) is 0 Å². The Kier molecular flexibility index (Phi) is 4.25. The normalized spacial score (nSPS) is 12.1. The largest absolute Gasteiger partial charge is 0.496 e. The van der Waals surface area contributed by atoms with Crippen molar-refractivity contribution in [3.63, 3.8) is 0 Å². The maximum Gasteiger partial charge on any atom is 0.149 e. The predicted octanol–water partition coefficient (Wildman–Crippen LogP) is 2.18. The van der Waals surface area contributed by atoms with Gasteiger partial charge in [0.2, 0.25) is 0 Å². The number of methoxy groups -OCH3 is 1. The van der Waals surface area contributed by atoms with Crippen molar-refractivity contribution in [3.05, 3.63) is 54.1 Å². The zero-order valence-electron chi connectivity index (χ0n) is 10.6. The van der Waals surface area contributed by atoms with Crippen LogP contribution in [0.4, 0.5) is 0 Å². The first-order valence-electron chi connectivity index (χ1n) is 6.00. The molecule has 0 saturated heterocycles. The van der Waals surface area contributed by atoms with Gasteiger partial charge < -0.3 is 10.1 Å². The molecular formula is C14H17N3O. The van der Waals surface area contributed by atoms with Gasteiger partial charge in [0.25, 0.3) is 0 Å². The molecule has 2 rings (SSSR count). The van der Waals surface area contributed by atoms with Crippen molar-refractivity contribution in [1.82, 2.24) is 15.3 Å². The molecule has 0 aliphatic heterocycles. The third-order valence-electron chi connectivity index (χ3n) is 2.70. The molecule has 0 radical (unpaired) electrons. The number of nitrogens with zero attached hydrogens (tertiary/aromatic N) is 2. The van der Waals surface area contributed by atoms with Gasteiger partial charge >= 0.3 is 0 Å². The summed E-state index contributed by atoms with van der Waals surface area (Å²) in [6, 6.07) is 9.69. The highest BCUT2D eigenvalue weighted by molar-refractivity contribution is 5.38. The fourth-order valence-electron chi connectivity index (χ4n) is 1.91. The Bertz CT molecular complexity index is 487. The topological polar surface area (TPSA) is 47.0 Å². The summed E-state index contributed by atoms with van der Waals surface area (Å²) in [5.74, 6) is 1.60. The lowest BCUT2D eigenvalue weighted by Crippen LogP contribution is -2.24. The fourth-order valence-corrected chi connectivity index (χ4v) is 1.91. The van der Waals surface area contributed by atoms with E-state index in [0.717, 1.165) is 23.7 Å². The molecule has 1 N–H and O–H groups in total. The molecule has 1 atom stereocenters. The van der Waals surface area contributed by atoms with Gasteiger partial charge in [-0.15, -0.1) is 0 Å². The maximum atomic E-state index is 5.40. The average molecular weight is 243 g/mol. The van der Waals surface area contributed by atoms with Crippen LogP contribution in [0.3, 0.4) is 0 Å².